The molecule has 3 atom stereocenters. The van der Waals surface area contributed by atoms with Gasteiger partial charge in [-0.2, -0.15) is 0 Å². The Morgan fingerprint density at radius 1 is 1.33 bits per heavy atom. The van der Waals surface area contributed by atoms with Crippen LogP contribution in [0.5, 0.6) is 0 Å². The monoisotopic (exact) mass is 256 g/mol. The van der Waals surface area contributed by atoms with Crippen molar-refractivity contribution in [1.29, 1.82) is 0 Å². The molecule has 0 spiro atoms. The number of hydrogen-bond donors (Lipinski definition) is 1. The highest BCUT2D eigenvalue weighted by atomic mass is 16.5. The van der Waals surface area contributed by atoms with Gasteiger partial charge in [0.05, 0.1) is 6.61 Å². The molecule has 3 nitrogen and oxygen atoms in total. The first-order valence-corrected chi connectivity index (χ1v) is 7.66. The summed E-state index contributed by atoms with van der Waals surface area (Å²) in [5.41, 5.74) is 0. The van der Waals surface area contributed by atoms with Crippen LogP contribution in [0, 0.1) is 5.92 Å². The highest BCUT2D eigenvalue weighted by Gasteiger charge is 2.31. The van der Waals surface area contributed by atoms with E-state index >= 15 is 0 Å². The summed E-state index contributed by atoms with van der Waals surface area (Å²) in [5, 5.41) is 3.59. The summed E-state index contributed by atoms with van der Waals surface area (Å²) in [6.07, 6.45) is 2.54. The molecule has 0 aromatic rings. The first-order valence-electron chi connectivity index (χ1n) is 7.66. The molecule has 0 amide bonds. The van der Waals surface area contributed by atoms with Gasteiger partial charge in [-0.3, -0.25) is 4.90 Å². The van der Waals surface area contributed by atoms with Gasteiger partial charge in [-0.25, -0.2) is 0 Å². The number of hydrogen-bond acceptors (Lipinski definition) is 3. The quantitative estimate of drug-likeness (QED) is 0.757. The second-order valence-corrected chi connectivity index (χ2v) is 5.84. The third-order valence-electron chi connectivity index (χ3n) is 4.11. The van der Waals surface area contributed by atoms with Gasteiger partial charge in [0.15, 0.2) is 0 Å². The first-order chi connectivity index (χ1) is 8.60. The third kappa shape index (κ3) is 4.52. The van der Waals surface area contributed by atoms with Gasteiger partial charge < -0.3 is 10.1 Å². The van der Waals surface area contributed by atoms with Crippen molar-refractivity contribution in [1.82, 2.24) is 10.2 Å². The van der Waals surface area contributed by atoms with Crippen LogP contribution in [-0.4, -0.2) is 49.3 Å². The van der Waals surface area contributed by atoms with Gasteiger partial charge in [0.25, 0.3) is 0 Å². The van der Waals surface area contributed by atoms with Gasteiger partial charge >= 0.3 is 0 Å². The molecule has 1 N–H and O–H groups in total. The highest BCUT2D eigenvalue weighted by Crippen LogP contribution is 2.23. The average Bonchev–Trinajstić information content (AvgIpc) is 2.32. The largest absolute Gasteiger partial charge is 0.380 e. The standard InChI is InChI=1S/C15H32N2O/c1-6-16-14-8-9-17(13(5)10-14)15(12(3)4)11-18-7-2/h12-16H,6-11H2,1-5H3. The van der Waals surface area contributed by atoms with E-state index < -0.39 is 0 Å². The number of piperidine rings is 1. The maximum Gasteiger partial charge on any atom is 0.0624 e. The average molecular weight is 256 g/mol. The van der Waals surface area contributed by atoms with E-state index in [2.05, 4.69) is 44.8 Å². The van der Waals surface area contributed by atoms with E-state index in [1.807, 2.05) is 0 Å². The van der Waals surface area contributed by atoms with Crippen LogP contribution < -0.4 is 5.32 Å². The maximum absolute atomic E-state index is 5.68. The van der Waals surface area contributed by atoms with Gasteiger partial charge in [-0.05, 0) is 39.2 Å². The smallest absolute Gasteiger partial charge is 0.0624 e. The Morgan fingerprint density at radius 3 is 2.56 bits per heavy atom. The minimum absolute atomic E-state index is 0.572. The molecule has 18 heavy (non-hydrogen) atoms. The van der Waals surface area contributed by atoms with E-state index in [4.69, 9.17) is 4.74 Å². The normalized spacial score (nSPS) is 27.7. The Bertz CT molecular complexity index is 221. The minimum Gasteiger partial charge on any atom is -0.380 e. The van der Waals surface area contributed by atoms with E-state index in [0.717, 1.165) is 19.8 Å². The van der Waals surface area contributed by atoms with Gasteiger partial charge in [0.2, 0.25) is 0 Å². The molecule has 1 aliphatic heterocycles. The molecule has 1 aliphatic rings. The van der Waals surface area contributed by atoms with Crippen LogP contribution in [0.4, 0.5) is 0 Å². The zero-order valence-corrected chi connectivity index (χ0v) is 12.9. The lowest BCUT2D eigenvalue weighted by Gasteiger charge is -2.44. The molecule has 0 radical (unpaired) electrons. The zero-order chi connectivity index (χ0) is 13.5. The fourth-order valence-corrected chi connectivity index (χ4v) is 3.07. The van der Waals surface area contributed by atoms with E-state index in [1.165, 1.54) is 19.4 Å². The molecule has 0 aromatic carbocycles. The van der Waals surface area contributed by atoms with Gasteiger partial charge in [0.1, 0.15) is 0 Å². The molecule has 0 aliphatic carbocycles. The van der Waals surface area contributed by atoms with Crippen LogP contribution in [0.15, 0.2) is 0 Å². The van der Waals surface area contributed by atoms with Crippen molar-refractivity contribution >= 4 is 0 Å². The van der Waals surface area contributed by atoms with Crippen molar-refractivity contribution in [2.45, 2.75) is 65.6 Å². The van der Waals surface area contributed by atoms with Crippen molar-refractivity contribution < 1.29 is 4.74 Å². The van der Waals surface area contributed by atoms with Crippen LogP contribution >= 0.6 is 0 Å². The molecule has 0 bridgehead atoms. The lowest BCUT2D eigenvalue weighted by atomic mass is 9.93. The lowest BCUT2D eigenvalue weighted by Crippen LogP contribution is -2.54. The molecular formula is C15H32N2O. The molecule has 1 fully saturated rings. The van der Waals surface area contributed by atoms with E-state index in [9.17, 15) is 0 Å². The van der Waals surface area contributed by atoms with Crippen molar-refractivity contribution in [2.75, 3.05) is 26.3 Å². The number of ether oxygens (including phenoxy) is 1. The number of likely N-dealkylation sites (tertiary alicyclic amines) is 1. The Hall–Kier alpha value is -0.120. The summed E-state index contributed by atoms with van der Waals surface area (Å²) in [7, 11) is 0. The second kappa shape index (κ2) is 8.13. The van der Waals surface area contributed by atoms with Crippen molar-refractivity contribution in [3.05, 3.63) is 0 Å². The molecule has 1 rings (SSSR count). The summed E-state index contributed by atoms with van der Waals surface area (Å²) < 4.78 is 5.68. The topological polar surface area (TPSA) is 24.5 Å². The molecule has 1 heterocycles. The molecule has 3 unspecified atom stereocenters. The van der Waals surface area contributed by atoms with Gasteiger partial charge in [-0.15, -0.1) is 0 Å². The maximum atomic E-state index is 5.68. The zero-order valence-electron chi connectivity index (χ0n) is 12.9. The summed E-state index contributed by atoms with van der Waals surface area (Å²) in [5.74, 6) is 0.662. The SMILES string of the molecule is CCNC1CCN(C(COCC)C(C)C)C(C)C1. The summed E-state index contributed by atoms with van der Waals surface area (Å²) in [6.45, 7) is 15.3. The number of nitrogens with one attached hydrogen (secondary N) is 1. The number of nitrogens with zero attached hydrogens (tertiary/aromatic N) is 1. The van der Waals surface area contributed by atoms with Crippen LogP contribution in [0.25, 0.3) is 0 Å². The van der Waals surface area contributed by atoms with Crippen LogP contribution in [0.3, 0.4) is 0 Å². The predicted octanol–water partition coefficient (Wildman–Crippen LogP) is 2.51. The second-order valence-electron chi connectivity index (χ2n) is 5.84. The van der Waals surface area contributed by atoms with Crippen molar-refractivity contribution in [3.8, 4) is 0 Å². The Kier molecular flexibility index (Phi) is 7.20. The Balaban J connectivity index is 2.53. The van der Waals surface area contributed by atoms with Gasteiger partial charge in [0, 0.05) is 31.3 Å². The third-order valence-corrected chi connectivity index (χ3v) is 4.11. The predicted molar refractivity (Wildman–Crippen MR) is 78.0 cm³/mol. The van der Waals surface area contributed by atoms with E-state index in [0.29, 0.717) is 24.0 Å². The van der Waals surface area contributed by atoms with Gasteiger partial charge in [-0.1, -0.05) is 20.8 Å². The van der Waals surface area contributed by atoms with Crippen LogP contribution in [0.1, 0.15) is 47.5 Å². The van der Waals surface area contributed by atoms with Crippen molar-refractivity contribution in [2.24, 2.45) is 5.92 Å². The highest BCUT2D eigenvalue weighted by molar-refractivity contribution is 4.87. The molecule has 1 saturated heterocycles. The minimum atomic E-state index is 0.572. The molecule has 0 aromatic heterocycles. The molecular weight excluding hydrogens is 224 g/mol. The Labute approximate surface area is 113 Å². The summed E-state index contributed by atoms with van der Waals surface area (Å²) in [4.78, 5) is 2.66. The first kappa shape index (κ1) is 15.9. The summed E-state index contributed by atoms with van der Waals surface area (Å²) >= 11 is 0. The fraction of sp³-hybridized carbons (Fsp3) is 1.00. The van der Waals surface area contributed by atoms with Crippen LogP contribution in [0.2, 0.25) is 0 Å². The molecule has 3 heteroatoms. The lowest BCUT2D eigenvalue weighted by molar-refractivity contribution is 0.00498. The van der Waals surface area contributed by atoms with E-state index in [1.54, 1.807) is 0 Å². The summed E-state index contributed by atoms with van der Waals surface area (Å²) in [6, 6.07) is 1.94. The number of rotatable bonds is 7. The van der Waals surface area contributed by atoms with E-state index in [-0.39, 0.29) is 0 Å². The molecule has 0 saturated carbocycles. The fourth-order valence-electron chi connectivity index (χ4n) is 3.07. The molecule has 108 valence electrons. The van der Waals surface area contributed by atoms with Crippen molar-refractivity contribution in [3.63, 3.8) is 0 Å². The Morgan fingerprint density at radius 2 is 2.06 bits per heavy atom. The van der Waals surface area contributed by atoms with Crippen LogP contribution in [-0.2, 0) is 4.74 Å².